The third kappa shape index (κ3) is 4.50. The minimum atomic E-state index is 0. The second kappa shape index (κ2) is 10.5. The zero-order chi connectivity index (χ0) is 22.2. The average molecular weight is 490 g/mol. The fourth-order valence-corrected chi connectivity index (χ4v) is 4.61. The molecule has 3 heteroatoms. The zero-order valence-electron chi connectivity index (χ0n) is 20.4. The van der Waals surface area contributed by atoms with Crippen LogP contribution in [0.3, 0.4) is 0 Å². The van der Waals surface area contributed by atoms with Gasteiger partial charge in [0.15, 0.2) is 0 Å². The molecular formula is C31H31N2Ni-. The van der Waals surface area contributed by atoms with Crippen molar-refractivity contribution in [3.05, 3.63) is 115 Å². The van der Waals surface area contributed by atoms with Crippen LogP contribution in [0.15, 0.2) is 94.9 Å². The van der Waals surface area contributed by atoms with Crippen molar-refractivity contribution in [2.45, 2.75) is 39.5 Å². The van der Waals surface area contributed by atoms with Gasteiger partial charge in [-0.3, -0.25) is 0 Å². The Morgan fingerprint density at radius 2 is 0.941 bits per heavy atom. The summed E-state index contributed by atoms with van der Waals surface area (Å²) in [6.07, 6.45) is 0. The third-order valence-corrected chi connectivity index (χ3v) is 6.22. The van der Waals surface area contributed by atoms with E-state index in [4.69, 9.17) is 9.98 Å². The quantitative estimate of drug-likeness (QED) is 0.202. The van der Waals surface area contributed by atoms with Crippen molar-refractivity contribution in [3.8, 4) is 0 Å². The molecule has 0 spiro atoms. The molecule has 5 rings (SSSR count). The van der Waals surface area contributed by atoms with Crippen molar-refractivity contribution < 1.29 is 16.5 Å². The molecular weight excluding hydrogens is 459 g/mol. The van der Waals surface area contributed by atoms with E-state index in [1.807, 2.05) is 0 Å². The molecule has 1 aliphatic rings. The van der Waals surface area contributed by atoms with Gasteiger partial charge in [-0.1, -0.05) is 100 Å². The molecule has 0 heterocycles. The van der Waals surface area contributed by atoms with Crippen molar-refractivity contribution >= 4 is 33.6 Å². The van der Waals surface area contributed by atoms with Crippen molar-refractivity contribution in [1.82, 2.24) is 0 Å². The molecule has 1 aliphatic carbocycles. The second-order valence-corrected chi connectivity index (χ2v) is 9.06. The summed E-state index contributed by atoms with van der Waals surface area (Å²) in [6, 6.07) is 29.9. The van der Waals surface area contributed by atoms with Gasteiger partial charge in [-0.25, -0.2) is 9.98 Å². The first-order valence-electron chi connectivity index (χ1n) is 11.4. The number of nitrogens with zero attached hydrogens (tertiary/aromatic N) is 2. The molecule has 34 heavy (non-hydrogen) atoms. The van der Waals surface area contributed by atoms with Crippen LogP contribution in [0.25, 0.3) is 10.8 Å². The molecule has 0 saturated carbocycles. The summed E-state index contributed by atoms with van der Waals surface area (Å²) in [6.45, 7) is 8.88. The van der Waals surface area contributed by atoms with E-state index >= 15 is 0 Å². The molecule has 0 radical (unpaired) electrons. The number of benzene rings is 4. The SMILES string of the molecule is CC(C)c1ccccc1N=C1C(=Nc2ccccc2C(C)C)c2cccc3cccc1c23.[CH3-].[Ni]. The van der Waals surface area contributed by atoms with E-state index in [1.165, 1.54) is 21.9 Å². The second-order valence-electron chi connectivity index (χ2n) is 9.06. The molecule has 176 valence electrons. The first-order chi connectivity index (χ1) is 15.5. The summed E-state index contributed by atoms with van der Waals surface area (Å²) >= 11 is 0. The van der Waals surface area contributed by atoms with E-state index in [1.54, 1.807) is 0 Å². The standard InChI is InChI=1S/C30H28N2.CH3.Ni/c1-19(2)22-13-5-7-17-26(22)31-29-24-15-9-11-21-12-10-16-25(28(21)24)30(29)32-27-18-8-6-14-23(27)20(3)4;;/h5-20H,1-4H3;1H3;/q;-1;. The van der Waals surface area contributed by atoms with E-state index < -0.39 is 0 Å². The molecule has 4 aromatic carbocycles. The Bertz CT molecular complexity index is 1280. The van der Waals surface area contributed by atoms with Gasteiger partial charge in [-0.2, -0.15) is 0 Å². The van der Waals surface area contributed by atoms with Crippen LogP contribution in [-0.2, 0) is 16.5 Å². The maximum Gasteiger partial charge on any atom is 0.0978 e. The Labute approximate surface area is 213 Å². The first-order valence-corrected chi connectivity index (χ1v) is 11.4. The first kappa shape index (κ1) is 25.6. The van der Waals surface area contributed by atoms with Crippen LogP contribution in [-0.4, -0.2) is 11.4 Å². The van der Waals surface area contributed by atoms with Gasteiger partial charge >= 0.3 is 0 Å². The molecule has 4 aromatic rings. The molecule has 0 aromatic heterocycles. The van der Waals surface area contributed by atoms with Crippen LogP contribution in [0.4, 0.5) is 11.4 Å². The van der Waals surface area contributed by atoms with Crippen molar-refractivity contribution in [3.63, 3.8) is 0 Å². The van der Waals surface area contributed by atoms with Crippen molar-refractivity contribution in [2.75, 3.05) is 0 Å². The van der Waals surface area contributed by atoms with Crippen LogP contribution in [0.2, 0.25) is 0 Å². The van der Waals surface area contributed by atoms with Crippen LogP contribution in [0, 0.1) is 7.43 Å². The number of rotatable bonds is 4. The van der Waals surface area contributed by atoms with E-state index in [9.17, 15) is 0 Å². The Morgan fingerprint density at radius 3 is 1.35 bits per heavy atom. The molecule has 0 fully saturated rings. The van der Waals surface area contributed by atoms with E-state index in [0.29, 0.717) is 11.8 Å². The molecule has 0 aliphatic heterocycles. The van der Waals surface area contributed by atoms with Gasteiger partial charge in [0.25, 0.3) is 0 Å². The van der Waals surface area contributed by atoms with Gasteiger partial charge in [0.2, 0.25) is 0 Å². The number of aliphatic imine (C=N–C) groups is 2. The molecule has 0 atom stereocenters. The van der Waals surface area contributed by atoms with E-state index in [-0.39, 0.29) is 23.9 Å². The summed E-state index contributed by atoms with van der Waals surface area (Å²) in [5, 5.41) is 2.48. The van der Waals surface area contributed by atoms with Crippen LogP contribution >= 0.6 is 0 Å². The van der Waals surface area contributed by atoms with Gasteiger partial charge in [0.05, 0.1) is 22.8 Å². The Balaban J connectivity index is 0.00000162. The predicted molar refractivity (Wildman–Crippen MR) is 144 cm³/mol. The fourth-order valence-electron chi connectivity index (χ4n) is 4.61. The summed E-state index contributed by atoms with van der Waals surface area (Å²) in [7, 11) is 0. The summed E-state index contributed by atoms with van der Waals surface area (Å²) < 4.78 is 0. The third-order valence-electron chi connectivity index (χ3n) is 6.22. The largest absolute Gasteiger partial charge is 0.358 e. The fraction of sp³-hybridized carbons (Fsp3) is 0.194. The Morgan fingerprint density at radius 1 is 0.529 bits per heavy atom. The normalized spacial score (nSPS) is 14.6. The van der Waals surface area contributed by atoms with Gasteiger partial charge in [0, 0.05) is 33.0 Å². The molecule has 0 bridgehead atoms. The average Bonchev–Trinajstić information content (AvgIpc) is 3.09. The summed E-state index contributed by atoms with van der Waals surface area (Å²) in [4.78, 5) is 10.5. The summed E-state index contributed by atoms with van der Waals surface area (Å²) in [5.41, 5.74) is 8.80. The van der Waals surface area contributed by atoms with Crippen LogP contribution in [0.5, 0.6) is 0 Å². The Kier molecular flexibility index (Phi) is 7.90. The van der Waals surface area contributed by atoms with E-state index in [0.717, 1.165) is 33.9 Å². The predicted octanol–water partition coefficient (Wildman–Crippen LogP) is 8.79. The smallest absolute Gasteiger partial charge is 0.0978 e. The molecule has 0 saturated heterocycles. The summed E-state index contributed by atoms with van der Waals surface area (Å²) in [5.74, 6) is 0.800. The number of para-hydroxylation sites is 2. The minimum absolute atomic E-state index is 0. The van der Waals surface area contributed by atoms with Crippen LogP contribution in [0.1, 0.15) is 61.8 Å². The number of hydrogen-bond acceptors (Lipinski definition) is 2. The maximum atomic E-state index is 5.26. The molecule has 2 nitrogen and oxygen atoms in total. The monoisotopic (exact) mass is 489 g/mol. The van der Waals surface area contributed by atoms with Crippen molar-refractivity contribution in [2.24, 2.45) is 9.98 Å². The maximum absolute atomic E-state index is 5.26. The van der Waals surface area contributed by atoms with Gasteiger partial charge in [-0.15, -0.1) is 0 Å². The topological polar surface area (TPSA) is 24.7 Å². The van der Waals surface area contributed by atoms with Crippen LogP contribution < -0.4 is 0 Å². The van der Waals surface area contributed by atoms with Crippen molar-refractivity contribution in [1.29, 1.82) is 0 Å². The number of hydrogen-bond donors (Lipinski definition) is 0. The zero-order valence-corrected chi connectivity index (χ0v) is 21.4. The van der Waals surface area contributed by atoms with Gasteiger partial charge in [-0.05, 0) is 40.5 Å². The molecule has 0 N–H and O–H groups in total. The van der Waals surface area contributed by atoms with Gasteiger partial charge in [0.1, 0.15) is 0 Å². The Hall–Kier alpha value is -3.03. The molecule has 0 amide bonds. The minimum Gasteiger partial charge on any atom is -0.358 e. The molecule has 0 unspecified atom stereocenters. The van der Waals surface area contributed by atoms with Gasteiger partial charge < -0.3 is 7.43 Å². The van der Waals surface area contributed by atoms with E-state index in [2.05, 4.69) is 113 Å².